The molecule has 2 N–H and O–H groups in total. The number of nitrogens with one attached hydrogen (secondary N) is 2. The number of carbonyl (C=O) groups excluding carboxylic acids is 3. The van der Waals surface area contributed by atoms with Gasteiger partial charge in [-0.25, -0.2) is 13.2 Å². The molecule has 0 radical (unpaired) electrons. The Kier molecular flexibility index (Phi) is 7.52. The molecular weight excluding hydrogens is 488 g/mol. The summed E-state index contributed by atoms with van der Waals surface area (Å²) >= 11 is 6.71. The van der Waals surface area contributed by atoms with Crippen molar-refractivity contribution in [2.24, 2.45) is 0 Å². The first-order chi connectivity index (χ1) is 15.5. The Morgan fingerprint density at radius 1 is 0.970 bits per heavy atom. The molecule has 33 heavy (non-hydrogen) atoms. The molecule has 0 spiro atoms. The lowest BCUT2D eigenvalue weighted by Gasteiger charge is -2.14. The average molecular weight is 507 g/mol. The highest BCUT2D eigenvalue weighted by Crippen LogP contribution is 2.27. The summed E-state index contributed by atoms with van der Waals surface area (Å²) in [5.41, 5.74) is 1.22. The molecule has 1 atom stereocenters. The second-order valence-electron chi connectivity index (χ2n) is 6.92. The van der Waals surface area contributed by atoms with Gasteiger partial charge in [-0.3, -0.25) is 14.3 Å². The van der Waals surface area contributed by atoms with Crippen molar-refractivity contribution in [2.75, 3.05) is 10.0 Å². The molecule has 2 aromatic carbocycles. The predicted octanol–water partition coefficient (Wildman–Crippen LogP) is 4.59. The molecular formula is C22H19ClN2O6S2. The predicted molar refractivity (Wildman–Crippen MR) is 127 cm³/mol. The van der Waals surface area contributed by atoms with Gasteiger partial charge in [-0.1, -0.05) is 23.7 Å². The number of hydrogen-bond acceptors (Lipinski definition) is 7. The minimum atomic E-state index is -3.80. The molecule has 0 bridgehead atoms. The van der Waals surface area contributed by atoms with Gasteiger partial charge >= 0.3 is 5.97 Å². The van der Waals surface area contributed by atoms with Gasteiger partial charge in [0.2, 0.25) is 0 Å². The lowest BCUT2D eigenvalue weighted by atomic mass is 10.1. The van der Waals surface area contributed by atoms with Gasteiger partial charge in [0.25, 0.3) is 15.9 Å². The summed E-state index contributed by atoms with van der Waals surface area (Å²) in [4.78, 5) is 36.2. The molecule has 0 aliphatic heterocycles. The lowest BCUT2D eigenvalue weighted by molar-refractivity contribution is -0.123. The second-order valence-corrected chi connectivity index (χ2v) is 10.5. The number of halogens is 1. The summed E-state index contributed by atoms with van der Waals surface area (Å²) < 4.78 is 32.7. The van der Waals surface area contributed by atoms with E-state index < -0.39 is 28.0 Å². The van der Waals surface area contributed by atoms with Crippen LogP contribution in [0.2, 0.25) is 4.34 Å². The number of hydrogen-bond donors (Lipinski definition) is 2. The number of Topliss-reactive ketones (excluding diaryl/α,β-unsaturated/α-hetero) is 1. The standard InChI is InChI=1S/C22H19ClN2O6S2/c1-13(26)16-4-3-5-18(12-16)24-21(27)14(2)31-22(28)15-6-8-17(9-7-15)25-33(29,30)20-11-10-19(23)32-20/h3-12,14,25H,1-2H3,(H,24,27). The molecule has 0 aliphatic carbocycles. The number of rotatable bonds is 8. The highest BCUT2D eigenvalue weighted by molar-refractivity contribution is 7.94. The van der Waals surface area contributed by atoms with Crippen LogP contribution < -0.4 is 10.0 Å². The smallest absolute Gasteiger partial charge is 0.338 e. The Hall–Kier alpha value is -3.21. The maximum atomic E-state index is 12.4. The van der Waals surface area contributed by atoms with Crippen molar-refractivity contribution in [1.29, 1.82) is 0 Å². The molecule has 11 heteroatoms. The molecule has 172 valence electrons. The quantitative estimate of drug-likeness (QED) is 0.341. The van der Waals surface area contributed by atoms with E-state index in [-0.39, 0.29) is 21.2 Å². The first-order valence-electron chi connectivity index (χ1n) is 9.56. The SMILES string of the molecule is CC(=O)c1cccc(NC(=O)C(C)OC(=O)c2ccc(NS(=O)(=O)c3ccc(Cl)s3)cc2)c1. The van der Waals surface area contributed by atoms with Crippen molar-refractivity contribution in [3.63, 3.8) is 0 Å². The zero-order chi connectivity index (χ0) is 24.2. The van der Waals surface area contributed by atoms with Gasteiger partial charge < -0.3 is 10.1 Å². The molecule has 1 unspecified atom stereocenters. The fourth-order valence-corrected chi connectivity index (χ4v) is 5.21. The molecule has 3 rings (SSSR count). The zero-order valence-electron chi connectivity index (χ0n) is 17.5. The van der Waals surface area contributed by atoms with Crippen LogP contribution >= 0.6 is 22.9 Å². The van der Waals surface area contributed by atoms with E-state index in [1.54, 1.807) is 18.2 Å². The summed E-state index contributed by atoms with van der Waals surface area (Å²) in [5, 5.41) is 2.59. The Bertz CT molecular complexity index is 1300. The van der Waals surface area contributed by atoms with E-state index in [1.165, 1.54) is 56.3 Å². The molecule has 0 saturated carbocycles. The van der Waals surface area contributed by atoms with Crippen molar-refractivity contribution >= 4 is 62.0 Å². The van der Waals surface area contributed by atoms with E-state index in [4.69, 9.17) is 16.3 Å². The van der Waals surface area contributed by atoms with Crippen LogP contribution in [0.15, 0.2) is 64.9 Å². The molecule has 1 aromatic heterocycles. The molecule has 1 amide bonds. The maximum absolute atomic E-state index is 12.4. The Morgan fingerprint density at radius 2 is 1.67 bits per heavy atom. The van der Waals surface area contributed by atoms with Crippen LogP contribution in [0.4, 0.5) is 11.4 Å². The third kappa shape index (κ3) is 6.41. The number of esters is 1. The molecule has 0 aliphatic rings. The number of anilines is 2. The van der Waals surface area contributed by atoms with Crippen molar-refractivity contribution in [3.05, 3.63) is 76.1 Å². The first-order valence-corrected chi connectivity index (χ1v) is 12.2. The van der Waals surface area contributed by atoms with E-state index in [0.717, 1.165) is 11.3 Å². The van der Waals surface area contributed by atoms with Gasteiger partial charge in [0.05, 0.1) is 9.90 Å². The van der Waals surface area contributed by atoms with Crippen molar-refractivity contribution in [2.45, 2.75) is 24.2 Å². The molecule has 3 aromatic rings. The van der Waals surface area contributed by atoms with Gasteiger partial charge in [-0.05, 0) is 62.4 Å². The van der Waals surface area contributed by atoms with Gasteiger partial charge in [0.1, 0.15) is 4.21 Å². The first kappa shape index (κ1) is 24.4. The fraction of sp³-hybridized carbons (Fsp3) is 0.136. The van der Waals surface area contributed by atoms with Crippen LogP contribution in [0.3, 0.4) is 0 Å². The third-order valence-corrected chi connectivity index (χ3v) is 7.48. The summed E-state index contributed by atoms with van der Waals surface area (Å²) in [7, 11) is -3.80. The van der Waals surface area contributed by atoms with Gasteiger partial charge in [0.15, 0.2) is 11.9 Å². The normalized spacial score (nSPS) is 12.0. The number of ketones is 1. The van der Waals surface area contributed by atoms with E-state index in [2.05, 4.69) is 10.0 Å². The fourth-order valence-electron chi connectivity index (χ4n) is 2.66. The van der Waals surface area contributed by atoms with Crippen LogP contribution in [0.5, 0.6) is 0 Å². The summed E-state index contributed by atoms with van der Waals surface area (Å²) in [6.45, 7) is 2.83. The number of benzene rings is 2. The summed E-state index contributed by atoms with van der Waals surface area (Å²) in [5.74, 6) is -1.46. The van der Waals surface area contributed by atoms with E-state index >= 15 is 0 Å². The van der Waals surface area contributed by atoms with Crippen LogP contribution in [0, 0.1) is 0 Å². The highest BCUT2D eigenvalue weighted by atomic mass is 35.5. The van der Waals surface area contributed by atoms with Crippen LogP contribution in [-0.4, -0.2) is 32.2 Å². The number of sulfonamides is 1. The van der Waals surface area contributed by atoms with Crippen LogP contribution in [0.1, 0.15) is 34.6 Å². The Labute approximate surface area is 199 Å². The molecule has 1 heterocycles. The van der Waals surface area contributed by atoms with Crippen LogP contribution in [0.25, 0.3) is 0 Å². The van der Waals surface area contributed by atoms with Crippen molar-refractivity contribution in [1.82, 2.24) is 0 Å². The molecule has 0 saturated heterocycles. The number of amides is 1. The summed E-state index contributed by atoms with van der Waals surface area (Å²) in [6, 6.07) is 14.8. The van der Waals surface area contributed by atoms with E-state index in [9.17, 15) is 22.8 Å². The minimum Gasteiger partial charge on any atom is -0.449 e. The van der Waals surface area contributed by atoms with Crippen molar-refractivity contribution < 1.29 is 27.5 Å². The van der Waals surface area contributed by atoms with Crippen LogP contribution in [-0.2, 0) is 19.6 Å². The number of ether oxygens (including phenoxy) is 1. The van der Waals surface area contributed by atoms with Crippen molar-refractivity contribution in [3.8, 4) is 0 Å². The minimum absolute atomic E-state index is 0.0599. The van der Waals surface area contributed by atoms with E-state index in [0.29, 0.717) is 15.6 Å². The number of carbonyl (C=O) groups is 3. The third-order valence-electron chi connectivity index (χ3n) is 4.38. The van der Waals surface area contributed by atoms with E-state index in [1.807, 2.05) is 0 Å². The molecule has 8 nitrogen and oxygen atoms in total. The lowest BCUT2D eigenvalue weighted by Crippen LogP contribution is -2.30. The Balaban J connectivity index is 1.60. The summed E-state index contributed by atoms with van der Waals surface area (Å²) in [6.07, 6.45) is -1.11. The van der Waals surface area contributed by atoms with Gasteiger partial charge in [0, 0.05) is 16.9 Å². The zero-order valence-corrected chi connectivity index (χ0v) is 19.9. The van der Waals surface area contributed by atoms with Gasteiger partial charge in [-0.2, -0.15) is 0 Å². The van der Waals surface area contributed by atoms with Gasteiger partial charge in [-0.15, -0.1) is 11.3 Å². The average Bonchev–Trinajstić information content (AvgIpc) is 3.21. The monoisotopic (exact) mass is 506 g/mol. The largest absolute Gasteiger partial charge is 0.449 e. The maximum Gasteiger partial charge on any atom is 0.338 e. The molecule has 0 fully saturated rings. The Morgan fingerprint density at radius 3 is 2.27 bits per heavy atom. The highest BCUT2D eigenvalue weighted by Gasteiger charge is 2.20. The number of thiophene rings is 1. The topological polar surface area (TPSA) is 119 Å². The second kappa shape index (κ2) is 10.2.